The van der Waals surface area contributed by atoms with Crippen molar-refractivity contribution >= 4 is 49.9 Å². The molecule has 198 valence electrons. The summed E-state index contributed by atoms with van der Waals surface area (Å²) < 4.78 is 31.0. The quantitative estimate of drug-likeness (QED) is 0.308. The Morgan fingerprint density at radius 1 is 1.13 bits per heavy atom. The Balaban J connectivity index is 1.13. The largest absolute Gasteiger partial charge is 0.486 e. The van der Waals surface area contributed by atoms with Crippen LogP contribution in [0.2, 0.25) is 10.0 Å². The molecule has 1 aliphatic heterocycles. The third-order valence-electron chi connectivity index (χ3n) is 7.38. The van der Waals surface area contributed by atoms with Crippen molar-refractivity contribution in [2.24, 2.45) is 5.41 Å². The van der Waals surface area contributed by atoms with E-state index in [2.05, 4.69) is 25.5 Å². The molecule has 12 heteroatoms. The molecule has 1 unspecified atom stereocenters. The number of anilines is 1. The number of benzene rings is 1. The Morgan fingerprint density at radius 2 is 1.87 bits per heavy atom. The van der Waals surface area contributed by atoms with Crippen molar-refractivity contribution in [3.63, 3.8) is 0 Å². The number of H-pyrrole nitrogens is 1. The number of nitrogens with one attached hydrogen (secondary N) is 2. The summed E-state index contributed by atoms with van der Waals surface area (Å²) in [6.07, 6.45) is 7.69. The third kappa shape index (κ3) is 4.70. The van der Waals surface area contributed by atoms with Gasteiger partial charge in [0.05, 0.1) is 21.8 Å². The van der Waals surface area contributed by atoms with Crippen LogP contribution in [0.1, 0.15) is 31.4 Å². The minimum atomic E-state index is -3.09. The van der Waals surface area contributed by atoms with Crippen LogP contribution in [0.15, 0.2) is 48.9 Å². The van der Waals surface area contributed by atoms with Crippen molar-refractivity contribution in [2.75, 3.05) is 24.7 Å². The van der Waals surface area contributed by atoms with Gasteiger partial charge in [-0.25, -0.2) is 17.7 Å². The summed E-state index contributed by atoms with van der Waals surface area (Å²) in [5.74, 6) is 1.45. The summed E-state index contributed by atoms with van der Waals surface area (Å²) in [6, 6.07) is 9.96. The molecule has 1 saturated carbocycles. The number of hydrogen-bond acceptors (Lipinski definition) is 7. The lowest BCUT2D eigenvalue weighted by Gasteiger charge is -2.58. The van der Waals surface area contributed by atoms with Crippen LogP contribution in [-0.2, 0) is 10.0 Å². The highest BCUT2D eigenvalue weighted by Gasteiger charge is 2.54. The molecule has 3 aromatic heterocycles. The maximum Gasteiger partial charge on any atom is 0.211 e. The van der Waals surface area contributed by atoms with Gasteiger partial charge in [0.15, 0.2) is 0 Å². The zero-order valence-electron chi connectivity index (χ0n) is 20.8. The average Bonchev–Trinajstić information content (AvgIpc) is 3.22. The Kier molecular flexibility index (Phi) is 6.26. The highest BCUT2D eigenvalue weighted by atomic mass is 35.5. The fourth-order valence-electron chi connectivity index (χ4n) is 5.47. The number of pyridine rings is 2. The fourth-order valence-corrected chi connectivity index (χ4v) is 7.16. The van der Waals surface area contributed by atoms with Crippen LogP contribution in [0.4, 0.5) is 5.82 Å². The van der Waals surface area contributed by atoms with Crippen molar-refractivity contribution in [1.29, 1.82) is 0 Å². The minimum absolute atomic E-state index is 0.125. The molecule has 1 saturated heterocycles. The van der Waals surface area contributed by atoms with Gasteiger partial charge in [0.2, 0.25) is 10.0 Å². The van der Waals surface area contributed by atoms with E-state index in [0.717, 1.165) is 40.8 Å². The molecule has 38 heavy (non-hydrogen) atoms. The molecule has 4 aromatic rings. The second-order valence-corrected chi connectivity index (χ2v) is 13.1. The van der Waals surface area contributed by atoms with E-state index in [9.17, 15) is 8.42 Å². The first-order valence-electron chi connectivity index (χ1n) is 12.2. The van der Waals surface area contributed by atoms with Gasteiger partial charge in [0.25, 0.3) is 0 Å². The molecule has 0 radical (unpaired) electrons. The van der Waals surface area contributed by atoms with Gasteiger partial charge in [-0.1, -0.05) is 23.2 Å². The Hall–Kier alpha value is -2.92. The molecule has 9 nitrogen and oxygen atoms in total. The molecular formula is C26H26Cl2N6O3S. The Labute approximate surface area is 230 Å². The monoisotopic (exact) mass is 572 g/mol. The Bertz CT molecular complexity index is 1590. The zero-order chi connectivity index (χ0) is 26.7. The first kappa shape index (κ1) is 25.4. The number of aromatic amines is 1. The summed E-state index contributed by atoms with van der Waals surface area (Å²) in [4.78, 5) is 8.60. The molecule has 0 amide bonds. The summed E-state index contributed by atoms with van der Waals surface area (Å²) in [5.41, 5.74) is 3.34. The molecule has 1 spiro atoms. The van der Waals surface area contributed by atoms with Crippen LogP contribution < -0.4 is 10.1 Å². The summed E-state index contributed by atoms with van der Waals surface area (Å²) in [7, 11) is -3.09. The van der Waals surface area contributed by atoms with E-state index in [1.165, 1.54) is 6.26 Å². The molecule has 0 bridgehead atoms. The maximum absolute atomic E-state index is 11.6. The number of ether oxygens (including phenoxy) is 1. The van der Waals surface area contributed by atoms with Gasteiger partial charge in [-0.3, -0.25) is 10.1 Å². The van der Waals surface area contributed by atoms with Crippen molar-refractivity contribution in [3.05, 3.63) is 64.5 Å². The molecule has 1 aliphatic carbocycles. The molecule has 4 heterocycles. The number of sulfonamides is 1. The van der Waals surface area contributed by atoms with E-state index in [-0.39, 0.29) is 11.5 Å². The second-order valence-electron chi connectivity index (χ2n) is 10.3. The summed E-state index contributed by atoms with van der Waals surface area (Å²) >= 11 is 12.6. The number of fused-ring (bicyclic) bond motifs is 1. The van der Waals surface area contributed by atoms with Gasteiger partial charge in [-0.2, -0.15) is 5.10 Å². The lowest BCUT2D eigenvalue weighted by molar-refractivity contribution is -0.0170. The first-order chi connectivity index (χ1) is 18.1. The van der Waals surface area contributed by atoms with Crippen LogP contribution >= 0.6 is 23.2 Å². The minimum Gasteiger partial charge on any atom is -0.486 e. The van der Waals surface area contributed by atoms with E-state index in [1.54, 1.807) is 22.9 Å². The van der Waals surface area contributed by atoms with Crippen LogP contribution in [0.5, 0.6) is 5.75 Å². The standard InChI is InChI=1S/C26H26Cl2N6O3S/c1-15(24-20(27)11-29-12-21(24)28)37-18-4-5-22-19(7-18)25(33-32-22)16-3-6-23(30-10-16)31-17-8-26(9-17)13-34(14-26)38(2,35)36/h3-7,10-12,15,17H,8-9,13-14H2,1-2H3,(H,30,31)(H,32,33). The predicted octanol–water partition coefficient (Wildman–Crippen LogP) is 5.30. The second kappa shape index (κ2) is 9.37. The topological polar surface area (TPSA) is 113 Å². The normalized spacial score (nSPS) is 18.2. The number of hydrogen-bond donors (Lipinski definition) is 2. The van der Waals surface area contributed by atoms with Gasteiger partial charge >= 0.3 is 0 Å². The average molecular weight is 574 g/mol. The van der Waals surface area contributed by atoms with Crippen LogP contribution in [-0.4, -0.2) is 58.3 Å². The van der Waals surface area contributed by atoms with E-state index in [0.29, 0.717) is 40.5 Å². The smallest absolute Gasteiger partial charge is 0.211 e. The Morgan fingerprint density at radius 3 is 2.53 bits per heavy atom. The SMILES string of the molecule is CC(Oc1ccc2[nH]nc(-c3ccc(NC4CC5(C4)CN(S(C)(=O)=O)C5)nc3)c2c1)c1c(Cl)cncc1Cl. The van der Waals surface area contributed by atoms with E-state index >= 15 is 0 Å². The number of aromatic nitrogens is 4. The van der Waals surface area contributed by atoms with E-state index < -0.39 is 10.0 Å². The van der Waals surface area contributed by atoms with Crippen molar-refractivity contribution in [3.8, 4) is 17.0 Å². The van der Waals surface area contributed by atoms with Crippen LogP contribution in [0, 0.1) is 5.41 Å². The zero-order valence-corrected chi connectivity index (χ0v) is 23.1. The fraction of sp³-hybridized carbons (Fsp3) is 0.346. The highest BCUT2D eigenvalue weighted by Crippen LogP contribution is 2.50. The molecule has 1 atom stereocenters. The van der Waals surface area contributed by atoms with E-state index in [1.807, 2.05) is 37.3 Å². The first-order valence-corrected chi connectivity index (χ1v) is 14.8. The summed E-state index contributed by atoms with van der Waals surface area (Å²) in [6.45, 7) is 3.13. The van der Waals surface area contributed by atoms with Crippen molar-refractivity contribution in [2.45, 2.75) is 31.9 Å². The molecule has 6 rings (SSSR count). The van der Waals surface area contributed by atoms with Gasteiger partial charge in [0, 0.05) is 59.7 Å². The molecule has 2 aliphatic rings. The van der Waals surface area contributed by atoms with Crippen LogP contribution in [0.3, 0.4) is 0 Å². The lowest BCUT2D eigenvalue weighted by atomic mass is 9.61. The maximum atomic E-state index is 11.6. The number of nitrogens with zero attached hydrogens (tertiary/aromatic N) is 4. The van der Waals surface area contributed by atoms with Crippen molar-refractivity contribution in [1.82, 2.24) is 24.5 Å². The van der Waals surface area contributed by atoms with Crippen molar-refractivity contribution < 1.29 is 13.2 Å². The van der Waals surface area contributed by atoms with Gasteiger partial charge < -0.3 is 10.1 Å². The molecule has 2 fully saturated rings. The highest BCUT2D eigenvalue weighted by molar-refractivity contribution is 7.88. The van der Waals surface area contributed by atoms with E-state index in [4.69, 9.17) is 27.9 Å². The number of halogens is 2. The van der Waals surface area contributed by atoms with Crippen LogP contribution in [0.25, 0.3) is 22.2 Å². The molecular weight excluding hydrogens is 547 g/mol. The lowest BCUT2D eigenvalue weighted by Crippen LogP contribution is -2.65. The molecule has 1 aromatic carbocycles. The molecule has 2 N–H and O–H groups in total. The van der Waals surface area contributed by atoms with Gasteiger partial charge in [-0.15, -0.1) is 0 Å². The predicted molar refractivity (Wildman–Crippen MR) is 148 cm³/mol. The number of rotatable bonds is 7. The summed E-state index contributed by atoms with van der Waals surface area (Å²) in [5, 5.41) is 12.9. The third-order valence-corrected chi connectivity index (χ3v) is 9.18. The van der Waals surface area contributed by atoms with Gasteiger partial charge in [-0.05, 0) is 50.1 Å². The van der Waals surface area contributed by atoms with Gasteiger partial charge in [0.1, 0.15) is 23.4 Å².